The lowest BCUT2D eigenvalue weighted by Gasteiger charge is -2.37. The Morgan fingerprint density at radius 2 is 1.79 bits per heavy atom. The SMILES string of the molecule is CC(C)(O)C(C)(C)NS(=O)(=O)c1ccc(N)cc1Cl. The number of nitrogen functional groups attached to an aromatic ring is 1. The number of hydrogen-bond acceptors (Lipinski definition) is 4. The monoisotopic (exact) mass is 306 g/mol. The van der Waals surface area contributed by atoms with Crippen molar-refractivity contribution in [1.29, 1.82) is 0 Å². The van der Waals surface area contributed by atoms with Crippen LogP contribution in [0.3, 0.4) is 0 Å². The molecule has 1 rings (SSSR count). The molecule has 5 nitrogen and oxygen atoms in total. The molecular weight excluding hydrogens is 288 g/mol. The summed E-state index contributed by atoms with van der Waals surface area (Å²) in [7, 11) is -3.85. The van der Waals surface area contributed by atoms with E-state index in [0.29, 0.717) is 5.69 Å². The molecular formula is C12H19ClN2O3S. The molecule has 0 fully saturated rings. The molecule has 0 aliphatic rings. The summed E-state index contributed by atoms with van der Waals surface area (Å²) in [6.07, 6.45) is 0. The highest BCUT2D eigenvalue weighted by Crippen LogP contribution is 2.27. The molecule has 0 unspecified atom stereocenters. The van der Waals surface area contributed by atoms with E-state index in [0.717, 1.165) is 0 Å². The molecule has 108 valence electrons. The summed E-state index contributed by atoms with van der Waals surface area (Å²) < 4.78 is 27.0. The Hall–Kier alpha value is -0.820. The van der Waals surface area contributed by atoms with Crippen molar-refractivity contribution in [3.63, 3.8) is 0 Å². The molecule has 0 saturated carbocycles. The smallest absolute Gasteiger partial charge is 0.242 e. The molecule has 0 aromatic heterocycles. The topological polar surface area (TPSA) is 92.4 Å². The quantitative estimate of drug-likeness (QED) is 0.739. The van der Waals surface area contributed by atoms with Crippen molar-refractivity contribution in [3.05, 3.63) is 23.2 Å². The van der Waals surface area contributed by atoms with Gasteiger partial charge in [0.05, 0.1) is 16.2 Å². The molecule has 7 heteroatoms. The van der Waals surface area contributed by atoms with Gasteiger partial charge in [-0.1, -0.05) is 11.6 Å². The van der Waals surface area contributed by atoms with Crippen LogP contribution < -0.4 is 10.5 Å². The summed E-state index contributed by atoms with van der Waals surface area (Å²) in [5.74, 6) is 0. The molecule has 0 saturated heterocycles. The fourth-order valence-electron chi connectivity index (χ4n) is 1.25. The van der Waals surface area contributed by atoms with E-state index >= 15 is 0 Å². The van der Waals surface area contributed by atoms with Crippen LogP contribution >= 0.6 is 11.6 Å². The van der Waals surface area contributed by atoms with Crippen LogP contribution in [0, 0.1) is 0 Å². The van der Waals surface area contributed by atoms with E-state index < -0.39 is 21.2 Å². The van der Waals surface area contributed by atoms with Gasteiger partial charge in [-0.05, 0) is 45.9 Å². The minimum atomic E-state index is -3.85. The highest BCUT2D eigenvalue weighted by molar-refractivity contribution is 7.89. The van der Waals surface area contributed by atoms with E-state index in [-0.39, 0.29) is 9.92 Å². The van der Waals surface area contributed by atoms with Crippen molar-refractivity contribution in [2.24, 2.45) is 0 Å². The van der Waals surface area contributed by atoms with Crippen LogP contribution in [0.25, 0.3) is 0 Å². The minimum Gasteiger partial charge on any atom is -0.399 e. The van der Waals surface area contributed by atoms with E-state index in [1.165, 1.54) is 32.0 Å². The van der Waals surface area contributed by atoms with E-state index in [4.69, 9.17) is 17.3 Å². The van der Waals surface area contributed by atoms with Crippen molar-refractivity contribution in [3.8, 4) is 0 Å². The predicted octanol–water partition coefficient (Wildman–Crippen LogP) is 1.75. The van der Waals surface area contributed by atoms with Gasteiger partial charge < -0.3 is 10.8 Å². The Morgan fingerprint density at radius 1 is 1.26 bits per heavy atom. The van der Waals surface area contributed by atoms with Crippen LogP contribution in [0.1, 0.15) is 27.7 Å². The summed E-state index contributed by atoms with van der Waals surface area (Å²) in [5.41, 5.74) is 3.61. The molecule has 0 atom stereocenters. The van der Waals surface area contributed by atoms with Crippen LogP contribution in [0.15, 0.2) is 23.1 Å². The maximum Gasteiger partial charge on any atom is 0.242 e. The van der Waals surface area contributed by atoms with Crippen LogP contribution in [0.5, 0.6) is 0 Å². The number of nitrogens with one attached hydrogen (secondary N) is 1. The summed E-state index contributed by atoms with van der Waals surface area (Å²) >= 11 is 5.90. The Morgan fingerprint density at radius 3 is 2.21 bits per heavy atom. The largest absolute Gasteiger partial charge is 0.399 e. The third-order valence-electron chi connectivity index (χ3n) is 3.16. The van der Waals surface area contributed by atoms with E-state index in [9.17, 15) is 13.5 Å². The first-order valence-corrected chi connectivity index (χ1v) is 7.54. The Bertz CT molecular complexity index is 577. The van der Waals surface area contributed by atoms with Gasteiger partial charge in [0.15, 0.2) is 0 Å². The van der Waals surface area contributed by atoms with Gasteiger partial charge in [0, 0.05) is 5.69 Å². The summed E-state index contributed by atoms with van der Waals surface area (Å²) in [5, 5.41) is 10.0. The van der Waals surface area contributed by atoms with Gasteiger partial charge in [0.2, 0.25) is 10.0 Å². The maximum absolute atomic E-state index is 12.3. The normalized spacial score (nSPS) is 13.6. The summed E-state index contributed by atoms with van der Waals surface area (Å²) in [4.78, 5) is -0.0688. The predicted molar refractivity (Wildman–Crippen MR) is 76.6 cm³/mol. The van der Waals surface area contributed by atoms with E-state index in [2.05, 4.69) is 4.72 Å². The molecule has 0 aliphatic carbocycles. The zero-order valence-electron chi connectivity index (χ0n) is 11.4. The molecule has 0 aliphatic heterocycles. The van der Waals surface area contributed by atoms with Crippen molar-refractivity contribution in [1.82, 2.24) is 4.72 Å². The first-order chi connectivity index (χ1) is 8.37. The molecule has 0 spiro atoms. The van der Waals surface area contributed by atoms with Crippen molar-refractivity contribution in [2.75, 3.05) is 5.73 Å². The average molecular weight is 307 g/mol. The highest BCUT2D eigenvalue weighted by atomic mass is 35.5. The minimum absolute atomic E-state index is 0.0408. The molecule has 19 heavy (non-hydrogen) atoms. The second kappa shape index (κ2) is 4.94. The summed E-state index contributed by atoms with van der Waals surface area (Å²) in [6, 6.07) is 4.16. The fourth-order valence-corrected chi connectivity index (χ4v) is 3.34. The standard InChI is InChI=1S/C12H19ClN2O3S/c1-11(2,12(3,4)16)15-19(17,18)10-6-5-8(14)7-9(10)13/h5-7,15-16H,14H2,1-4H3. The fraction of sp³-hybridized carbons (Fsp3) is 0.500. The lowest BCUT2D eigenvalue weighted by Crippen LogP contribution is -2.57. The van der Waals surface area contributed by atoms with Gasteiger partial charge >= 0.3 is 0 Å². The van der Waals surface area contributed by atoms with E-state index in [1.807, 2.05) is 0 Å². The second-order valence-electron chi connectivity index (χ2n) is 5.48. The van der Waals surface area contributed by atoms with Gasteiger partial charge in [-0.15, -0.1) is 0 Å². The van der Waals surface area contributed by atoms with E-state index in [1.54, 1.807) is 13.8 Å². The first-order valence-electron chi connectivity index (χ1n) is 5.68. The number of benzene rings is 1. The molecule has 0 bridgehead atoms. The third-order valence-corrected chi connectivity index (χ3v) is 5.30. The zero-order valence-corrected chi connectivity index (χ0v) is 12.9. The van der Waals surface area contributed by atoms with Crippen molar-refractivity contribution in [2.45, 2.75) is 43.7 Å². The number of sulfonamides is 1. The Balaban J connectivity index is 3.20. The Labute approximate surface area is 118 Å². The molecule has 0 radical (unpaired) electrons. The van der Waals surface area contributed by atoms with Gasteiger partial charge in [-0.3, -0.25) is 0 Å². The molecule has 4 N–H and O–H groups in total. The number of anilines is 1. The first kappa shape index (κ1) is 16.2. The van der Waals surface area contributed by atoms with Crippen molar-refractivity contribution < 1.29 is 13.5 Å². The van der Waals surface area contributed by atoms with Crippen LogP contribution in [0.4, 0.5) is 5.69 Å². The second-order valence-corrected chi connectivity index (χ2v) is 7.54. The zero-order chi connectivity index (χ0) is 15.1. The number of aliphatic hydroxyl groups is 1. The van der Waals surface area contributed by atoms with Gasteiger partial charge in [0.1, 0.15) is 4.90 Å². The lowest BCUT2D eigenvalue weighted by molar-refractivity contribution is 0.00639. The number of rotatable bonds is 4. The summed E-state index contributed by atoms with van der Waals surface area (Å²) in [6.45, 7) is 6.24. The highest BCUT2D eigenvalue weighted by Gasteiger charge is 2.39. The number of halogens is 1. The van der Waals surface area contributed by atoms with Gasteiger partial charge in [-0.2, -0.15) is 0 Å². The molecule has 1 aromatic carbocycles. The molecule has 0 heterocycles. The van der Waals surface area contributed by atoms with Gasteiger partial charge in [-0.25, -0.2) is 13.1 Å². The lowest BCUT2D eigenvalue weighted by atomic mass is 9.87. The Kier molecular flexibility index (Phi) is 4.22. The van der Waals surface area contributed by atoms with Crippen molar-refractivity contribution >= 4 is 27.3 Å². The van der Waals surface area contributed by atoms with Crippen LogP contribution in [0.2, 0.25) is 5.02 Å². The molecule has 0 amide bonds. The average Bonchev–Trinajstić information content (AvgIpc) is 2.12. The third kappa shape index (κ3) is 3.60. The maximum atomic E-state index is 12.3. The van der Waals surface area contributed by atoms with Crippen LogP contribution in [-0.4, -0.2) is 24.7 Å². The number of nitrogens with two attached hydrogens (primary N) is 1. The van der Waals surface area contributed by atoms with Crippen LogP contribution in [-0.2, 0) is 10.0 Å². The van der Waals surface area contributed by atoms with Gasteiger partial charge in [0.25, 0.3) is 0 Å². The molecule has 1 aromatic rings. The number of hydrogen-bond donors (Lipinski definition) is 3.